The van der Waals surface area contributed by atoms with Crippen molar-refractivity contribution in [3.8, 4) is 11.3 Å². The lowest BCUT2D eigenvalue weighted by atomic mass is 10.1. The predicted octanol–water partition coefficient (Wildman–Crippen LogP) is 5.88. The Morgan fingerprint density at radius 1 is 1.05 bits per heavy atom. The van der Waals surface area contributed by atoms with Crippen LogP contribution in [0, 0.1) is 6.92 Å². The molecule has 0 saturated heterocycles. The van der Waals surface area contributed by atoms with Gasteiger partial charge in [-0.15, -0.1) is 0 Å². The van der Waals surface area contributed by atoms with Crippen molar-refractivity contribution in [2.45, 2.75) is 26.1 Å². The molecule has 0 atom stereocenters. The van der Waals surface area contributed by atoms with Crippen LogP contribution in [0.4, 0.5) is 18.9 Å². The molecule has 0 spiro atoms. The second-order valence-corrected chi connectivity index (χ2v) is 8.54. The van der Waals surface area contributed by atoms with Crippen LogP contribution < -0.4 is 5.32 Å². The highest BCUT2D eigenvalue weighted by Gasteiger charge is 2.30. The lowest BCUT2D eigenvalue weighted by molar-refractivity contribution is -0.137. The molecule has 0 saturated carbocycles. The van der Waals surface area contributed by atoms with E-state index in [1.807, 2.05) is 34.9 Å². The highest BCUT2D eigenvalue weighted by atomic mass is 19.4. The first-order chi connectivity index (χ1) is 17.6. The van der Waals surface area contributed by atoms with Crippen LogP contribution in [0.2, 0.25) is 0 Å². The number of nitrogens with one attached hydrogen (secondary N) is 1. The van der Waals surface area contributed by atoms with E-state index >= 15 is 0 Å². The van der Waals surface area contributed by atoms with Gasteiger partial charge in [-0.3, -0.25) is 9.59 Å². The van der Waals surface area contributed by atoms with Crippen LogP contribution in [0.5, 0.6) is 0 Å². The SMILES string of the molecule is Cc1c(C(=O)Nc2cccc(C(F)(F)F)c2)cc(-c2ccccc2)n1CCCN(C)C(=O)c1ccno1. The second kappa shape index (κ2) is 10.7. The molecule has 10 heteroatoms. The largest absolute Gasteiger partial charge is 0.416 e. The van der Waals surface area contributed by atoms with Crippen molar-refractivity contribution in [2.24, 2.45) is 0 Å². The first-order valence-electron chi connectivity index (χ1n) is 11.6. The molecule has 0 fully saturated rings. The van der Waals surface area contributed by atoms with Crippen molar-refractivity contribution in [3.63, 3.8) is 0 Å². The van der Waals surface area contributed by atoms with E-state index in [4.69, 9.17) is 4.52 Å². The minimum Gasteiger partial charge on any atom is -0.351 e. The van der Waals surface area contributed by atoms with E-state index in [9.17, 15) is 22.8 Å². The summed E-state index contributed by atoms with van der Waals surface area (Å²) in [7, 11) is 1.67. The molecule has 1 N–H and O–H groups in total. The summed E-state index contributed by atoms with van der Waals surface area (Å²) in [5, 5.41) is 6.14. The molecule has 0 bridgehead atoms. The number of hydrogen-bond acceptors (Lipinski definition) is 4. The molecule has 2 aromatic heterocycles. The standard InChI is InChI=1S/C27H25F3N4O3/c1-18-22(25(35)32-21-11-6-10-20(16-21)27(28,29)30)17-23(19-8-4-3-5-9-19)34(18)15-7-14-33(2)26(36)24-12-13-31-37-24/h3-6,8-13,16-17H,7,14-15H2,1-2H3,(H,32,35). The summed E-state index contributed by atoms with van der Waals surface area (Å²) >= 11 is 0. The molecule has 192 valence electrons. The molecule has 2 amide bonds. The molecule has 2 heterocycles. The summed E-state index contributed by atoms with van der Waals surface area (Å²) in [6.07, 6.45) is -2.52. The van der Waals surface area contributed by atoms with Gasteiger partial charge in [-0.25, -0.2) is 0 Å². The Labute approximate surface area is 211 Å². The Hall–Kier alpha value is -4.34. The van der Waals surface area contributed by atoms with E-state index < -0.39 is 17.6 Å². The van der Waals surface area contributed by atoms with E-state index in [1.165, 1.54) is 29.3 Å². The minimum absolute atomic E-state index is 0.0563. The summed E-state index contributed by atoms with van der Waals surface area (Å²) < 4.78 is 46.2. The van der Waals surface area contributed by atoms with Crippen LogP contribution in [-0.4, -0.2) is 40.0 Å². The average molecular weight is 511 g/mol. The quantitative estimate of drug-likeness (QED) is 0.321. The number of amides is 2. The fraction of sp³-hybridized carbons (Fsp3) is 0.222. The van der Waals surface area contributed by atoms with E-state index in [1.54, 1.807) is 20.0 Å². The van der Waals surface area contributed by atoms with Gasteiger partial charge >= 0.3 is 6.18 Å². The van der Waals surface area contributed by atoms with Crippen LogP contribution in [0.25, 0.3) is 11.3 Å². The van der Waals surface area contributed by atoms with E-state index in [2.05, 4.69) is 10.5 Å². The third-order valence-corrected chi connectivity index (χ3v) is 6.00. The number of rotatable bonds is 8. The molecule has 0 aliphatic carbocycles. The second-order valence-electron chi connectivity index (χ2n) is 8.54. The molecule has 0 unspecified atom stereocenters. The zero-order valence-electron chi connectivity index (χ0n) is 20.2. The molecule has 7 nitrogen and oxygen atoms in total. The fourth-order valence-electron chi connectivity index (χ4n) is 4.06. The van der Waals surface area contributed by atoms with Gasteiger partial charge in [-0.05, 0) is 43.2 Å². The highest BCUT2D eigenvalue weighted by molar-refractivity contribution is 6.06. The molecule has 0 radical (unpaired) electrons. The Balaban J connectivity index is 1.55. The number of benzene rings is 2. The third-order valence-electron chi connectivity index (χ3n) is 6.00. The van der Waals surface area contributed by atoms with Crippen LogP contribution in [0.1, 0.15) is 38.6 Å². The van der Waals surface area contributed by atoms with Crippen molar-refractivity contribution in [2.75, 3.05) is 18.9 Å². The third kappa shape index (κ3) is 5.91. The van der Waals surface area contributed by atoms with Crippen molar-refractivity contribution >= 4 is 17.5 Å². The number of hydrogen-bond donors (Lipinski definition) is 1. The Bertz CT molecular complexity index is 1380. The summed E-state index contributed by atoms with van der Waals surface area (Å²) in [6.45, 7) is 2.72. The Morgan fingerprint density at radius 3 is 2.49 bits per heavy atom. The number of halogens is 3. The van der Waals surface area contributed by atoms with Gasteiger partial charge in [-0.2, -0.15) is 13.2 Å². The summed E-state index contributed by atoms with van der Waals surface area (Å²) in [4.78, 5) is 27.1. The zero-order chi connectivity index (χ0) is 26.6. The van der Waals surface area contributed by atoms with Gasteiger partial charge in [-0.1, -0.05) is 41.6 Å². The first kappa shape index (κ1) is 25.7. The Morgan fingerprint density at radius 2 is 1.81 bits per heavy atom. The normalized spacial score (nSPS) is 11.4. The van der Waals surface area contributed by atoms with Gasteiger partial charge in [0, 0.05) is 43.3 Å². The maximum absolute atomic E-state index is 13.1. The summed E-state index contributed by atoms with van der Waals surface area (Å²) in [5.74, 6) is -0.644. The molecule has 0 aliphatic heterocycles. The molecule has 4 rings (SSSR count). The Kier molecular flexibility index (Phi) is 7.47. The maximum Gasteiger partial charge on any atom is 0.416 e. The lowest BCUT2D eigenvalue weighted by Crippen LogP contribution is -2.28. The van der Waals surface area contributed by atoms with Crippen LogP contribution in [0.15, 0.2) is 77.4 Å². The number of aromatic nitrogens is 2. The smallest absolute Gasteiger partial charge is 0.351 e. The van der Waals surface area contributed by atoms with Gasteiger partial charge in [0.25, 0.3) is 11.8 Å². The topological polar surface area (TPSA) is 80.4 Å². The van der Waals surface area contributed by atoms with Gasteiger partial charge in [0.05, 0.1) is 17.3 Å². The summed E-state index contributed by atoms with van der Waals surface area (Å²) in [5.41, 5.74) is 1.90. The molecule has 4 aromatic rings. The maximum atomic E-state index is 13.1. The first-order valence-corrected chi connectivity index (χ1v) is 11.6. The van der Waals surface area contributed by atoms with Crippen LogP contribution >= 0.6 is 0 Å². The number of nitrogens with zero attached hydrogens (tertiary/aromatic N) is 3. The number of alkyl halides is 3. The molecule has 37 heavy (non-hydrogen) atoms. The van der Waals surface area contributed by atoms with Crippen molar-refractivity contribution in [3.05, 3.63) is 95.5 Å². The lowest BCUT2D eigenvalue weighted by Gasteiger charge is -2.17. The number of carbonyl (C=O) groups excluding carboxylic acids is 2. The van der Waals surface area contributed by atoms with E-state index in [-0.39, 0.29) is 17.4 Å². The van der Waals surface area contributed by atoms with Gasteiger partial charge in [0.2, 0.25) is 5.76 Å². The van der Waals surface area contributed by atoms with Gasteiger partial charge in [0.15, 0.2) is 0 Å². The minimum atomic E-state index is -4.51. The van der Waals surface area contributed by atoms with Crippen LogP contribution in [-0.2, 0) is 12.7 Å². The molecule has 2 aromatic carbocycles. The number of carbonyl (C=O) groups is 2. The van der Waals surface area contributed by atoms with Crippen molar-refractivity contribution in [1.29, 1.82) is 0 Å². The van der Waals surface area contributed by atoms with Crippen molar-refractivity contribution < 1.29 is 27.3 Å². The van der Waals surface area contributed by atoms with E-state index in [0.29, 0.717) is 30.8 Å². The van der Waals surface area contributed by atoms with Gasteiger partial charge in [0.1, 0.15) is 0 Å². The highest BCUT2D eigenvalue weighted by Crippen LogP contribution is 2.31. The predicted molar refractivity (Wildman–Crippen MR) is 132 cm³/mol. The molecular formula is C27H25F3N4O3. The van der Waals surface area contributed by atoms with E-state index in [0.717, 1.165) is 23.4 Å². The number of anilines is 1. The van der Waals surface area contributed by atoms with Crippen LogP contribution in [0.3, 0.4) is 0 Å². The molecular weight excluding hydrogens is 485 g/mol. The summed E-state index contributed by atoms with van der Waals surface area (Å²) in [6, 6.07) is 17.2. The van der Waals surface area contributed by atoms with Gasteiger partial charge < -0.3 is 19.3 Å². The zero-order valence-corrected chi connectivity index (χ0v) is 20.2. The molecule has 0 aliphatic rings. The fourth-order valence-corrected chi connectivity index (χ4v) is 4.06. The van der Waals surface area contributed by atoms with Crippen molar-refractivity contribution in [1.82, 2.24) is 14.6 Å². The monoisotopic (exact) mass is 510 g/mol. The average Bonchev–Trinajstić information content (AvgIpc) is 3.52.